The summed E-state index contributed by atoms with van der Waals surface area (Å²) >= 11 is 0. The van der Waals surface area contributed by atoms with Gasteiger partial charge >= 0.3 is 6.03 Å². The number of likely N-dealkylation sites (tertiary alicyclic amines) is 1. The van der Waals surface area contributed by atoms with Gasteiger partial charge in [-0.15, -0.1) is 0 Å². The first-order chi connectivity index (χ1) is 12.0. The molecule has 0 atom stereocenters. The molecule has 3 rings (SSSR count). The van der Waals surface area contributed by atoms with Crippen LogP contribution in [0.15, 0.2) is 36.7 Å². The van der Waals surface area contributed by atoms with Crippen molar-refractivity contribution in [2.45, 2.75) is 33.2 Å². The minimum absolute atomic E-state index is 0.0367. The lowest BCUT2D eigenvalue weighted by atomic mass is 9.97. The summed E-state index contributed by atoms with van der Waals surface area (Å²) in [4.78, 5) is 25.8. The number of rotatable bonds is 4. The lowest BCUT2D eigenvalue weighted by Gasteiger charge is -2.32. The number of hydrogen-bond acceptors (Lipinski definition) is 3. The van der Waals surface area contributed by atoms with Gasteiger partial charge in [-0.05, 0) is 62.4 Å². The molecule has 2 heterocycles. The van der Waals surface area contributed by atoms with Crippen LogP contribution in [0.5, 0.6) is 0 Å². The Labute approximate surface area is 147 Å². The molecule has 1 N–H and O–H groups in total. The van der Waals surface area contributed by atoms with Crippen molar-refractivity contribution in [1.82, 2.24) is 14.7 Å². The molecule has 0 bridgehead atoms. The summed E-state index contributed by atoms with van der Waals surface area (Å²) in [6.07, 6.45) is 5.74. The number of aryl methyl sites for hydroxylation is 1. The van der Waals surface area contributed by atoms with Gasteiger partial charge in [0.1, 0.15) is 0 Å². The quantitative estimate of drug-likeness (QED) is 0.868. The molecule has 1 aromatic carbocycles. The molecule has 0 radical (unpaired) electrons. The van der Waals surface area contributed by atoms with E-state index in [1.807, 2.05) is 34.8 Å². The number of benzene rings is 1. The number of aromatic nitrogens is 2. The summed E-state index contributed by atoms with van der Waals surface area (Å²) in [6.45, 7) is 5.85. The number of nitrogens with zero attached hydrogens (tertiary/aromatic N) is 3. The highest BCUT2D eigenvalue weighted by atomic mass is 16.2. The third-order valence-electron chi connectivity index (χ3n) is 4.76. The molecule has 1 aliphatic rings. The molecule has 1 saturated heterocycles. The molecule has 1 aliphatic heterocycles. The highest BCUT2D eigenvalue weighted by molar-refractivity contribution is 5.96. The van der Waals surface area contributed by atoms with E-state index < -0.39 is 0 Å². The Morgan fingerprint density at radius 2 is 2.04 bits per heavy atom. The number of Topliss-reactive ketones (excluding diaryl/α,β-unsaturated/α-hetero) is 1. The van der Waals surface area contributed by atoms with E-state index in [-0.39, 0.29) is 11.8 Å². The van der Waals surface area contributed by atoms with Crippen LogP contribution in [0.2, 0.25) is 0 Å². The first-order valence-corrected chi connectivity index (χ1v) is 8.68. The second kappa shape index (κ2) is 7.51. The molecule has 25 heavy (non-hydrogen) atoms. The molecule has 1 fully saturated rings. The lowest BCUT2D eigenvalue weighted by molar-refractivity contribution is 0.101. The first kappa shape index (κ1) is 17.2. The zero-order valence-corrected chi connectivity index (χ0v) is 14.7. The number of anilines is 1. The van der Waals surface area contributed by atoms with E-state index in [1.54, 1.807) is 25.3 Å². The Morgan fingerprint density at radius 3 is 2.64 bits per heavy atom. The van der Waals surface area contributed by atoms with E-state index in [0.29, 0.717) is 11.5 Å². The van der Waals surface area contributed by atoms with Crippen LogP contribution in [0.3, 0.4) is 0 Å². The van der Waals surface area contributed by atoms with Gasteiger partial charge in [0.25, 0.3) is 0 Å². The third-order valence-corrected chi connectivity index (χ3v) is 4.76. The molecular formula is C19H24N4O2. The van der Waals surface area contributed by atoms with Crippen LogP contribution in [0.1, 0.15) is 35.7 Å². The third kappa shape index (κ3) is 4.26. The Morgan fingerprint density at radius 1 is 1.28 bits per heavy atom. The van der Waals surface area contributed by atoms with Crippen molar-refractivity contribution in [1.29, 1.82) is 0 Å². The zero-order chi connectivity index (χ0) is 17.8. The fourth-order valence-electron chi connectivity index (χ4n) is 3.33. The number of hydrogen-bond donors (Lipinski definition) is 1. The Balaban J connectivity index is 1.52. The van der Waals surface area contributed by atoms with Gasteiger partial charge in [0, 0.05) is 43.3 Å². The van der Waals surface area contributed by atoms with Crippen molar-refractivity contribution in [2.24, 2.45) is 5.92 Å². The number of piperidine rings is 1. The Bertz CT molecular complexity index is 747. The van der Waals surface area contributed by atoms with Gasteiger partial charge in [-0.25, -0.2) is 4.79 Å². The SMILES string of the molecule is CC(=O)c1ccc(NC(=O)N2CCC(Cn3cccn3)CC2)cc1C. The fourth-order valence-corrected chi connectivity index (χ4v) is 3.33. The number of nitrogens with one attached hydrogen (secondary N) is 1. The minimum Gasteiger partial charge on any atom is -0.325 e. The number of ketones is 1. The average molecular weight is 340 g/mol. The average Bonchev–Trinajstić information content (AvgIpc) is 3.08. The summed E-state index contributed by atoms with van der Waals surface area (Å²) in [5.74, 6) is 0.593. The van der Waals surface area contributed by atoms with E-state index >= 15 is 0 Å². The molecule has 0 saturated carbocycles. The number of carbonyl (C=O) groups is 2. The lowest BCUT2D eigenvalue weighted by Crippen LogP contribution is -2.41. The van der Waals surface area contributed by atoms with Crippen molar-refractivity contribution in [2.75, 3.05) is 18.4 Å². The maximum atomic E-state index is 12.5. The zero-order valence-electron chi connectivity index (χ0n) is 14.7. The monoisotopic (exact) mass is 340 g/mol. The van der Waals surface area contributed by atoms with Gasteiger partial charge in [-0.2, -0.15) is 5.10 Å². The topological polar surface area (TPSA) is 67.2 Å². The smallest absolute Gasteiger partial charge is 0.321 e. The van der Waals surface area contributed by atoms with Crippen molar-refractivity contribution in [3.8, 4) is 0 Å². The minimum atomic E-state index is -0.0764. The maximum Gasteiger partial charge on any atom is 0.321 e. The predicted octanol–water partition coefficient (Wildman–Crippen LogP) is 3.34. The van der Waals surface area contributed by atoms with Crippen LogP contribution < -0.4 is 5.32 Å². The predicted molar refractivity (Wildman–Crippen MR) is 96.7 cm³/mol. The van der Waals surface area contributed by atoms with Crippen LogP contribution in [0.25, 0.3) is 0 Å². The van der Waals surface area contributed by atoms with Crippen molar-refractivity contribution in [3.05, 3.63) is 47.8 Å². The Kier molecular flexibility index (Phi) is 5.16. The second-order valence-corrected chi connectivity index (χ2v) is 6.67. The van der Waals surface area contributed by atoms with Gasteiger partial charge < -0.3 is 10.2 Å². The molecule has 0 unspecified atom stereocenters. The highest BCUT2D eigenvalue weighted by Gasteiger charge is 2.23. The second-order valence-electron chi connectivity index (χ2n) is 6.67. The normalized spacial score (nSPS) is 15.2. The largest absolute Gasteiger partial charge is 0.325 e. The van der Waals surface area contributed by atoms with Crippen LogP contribution in [0, 0.1) is 12.8 Å². The van der Waals surface area contributed by atoms with E-state index in [9.17, 15) is 9.59 Å². The summed E-state index contributed by atoms with van der Waals surface area (Å²) in [5.41, 5.74) is 2.30. The Hall–Kier alpha value is -2.63. The molecule has 2 amide bonds. The van der Waals surface area contributed by atoms with Gasteiger partial charge in [0.2, 0.25) is 0 Å². The van der Waals surface area contributed by atoms with Crippen molar-refractivity contribution < 1.29 is 9.59 Å². The molecule has 1 aromatic heterocycles. The molecule has 6 nitrogen and oxygen atoms in total. The number of urea groups is 1. The summed E-state index contributed by atoms with van der Waals surface area (Å²) in [5, 5.41) is 7.18. The van der Waals surface area contributed by atoms with Crippen molar-refractivity contribution >= 4 is 17.5 Å². The fraction of sp³-hybridized carbons (Fsp3) is 0.421. The molecule has 6 heteroatoms. The summed E-state index contributed by atoms with van der Waals surface area (Å²) in [7, 11) is 0. The van der Waals surface area contributed by atoms with E-state index in [1.165, 1.54) is 0 Å². The molecule has 132 valence electrons. The summed E-state index contributed by atoms with van der Waals surface area (Å²) < 4.78 is 1.96. The standard InChI is InChI=1S/C19H24N4O2/c1-14-12-17(4-5-18(14)15(2)24)21-19(25)22-10-6-16(7-11-22)13-23-9-3-8-20-23/h3-5,8-9,12,16H,6-7,10-11,13H2,1-2H3,(H,21,25). The van der Waals surface area contributed by atoms with Gasteiger partial charge in [-0.3, -0.25) is 9.48 Å². The van der Waals surface area contributed by atoms with Crippen LogP contribution in [-0.4, -0.2) is 39.6 Å². The van der Waals surface area contributed by atoms with Crippen LogP contribution in [0.4, 0.5) is 10.5 Å². The van der Waals surface area contributed by atoms with E-state index in [0.717, 1.165) is 43.7 Å². The first-order valence-electron chi connectivity index (χ1n) is 8.68. The van der Waals surface area contributed by atoms with E-state index in [4.69, 9.17) is 0 Å². The maximum absolute atomic E-state index is 12.5. The van der Waals surface area contributed by atoms with Crippen molar-refractivity contribution in [3.63, 3.8) is 0 Å². The highest BCUT2D eigenvalue weighted by Crippen LogP contribution is 2.21. The van der Waals surface area contributed by atoms with Gasteiger partial charge in [-0.1, -0.05) is 0 Å². The molecule has 2 aromatic rings. The summed E-state index contributed by atoms with van der Waals surface area (Å²) in [6, 6.07) is 7.25. The van der Waals surface area contributed by atoms with Crippen LogP contribution in [-0.2, 0) is 6.54 Å². The number of carbonyl (C=O) groups excluding carboxylic acids is 2. The molecule has 0 spiro atoms. The van der Waals surface area contributed by atoms with E-state index in [2.05, 4.69) is 10.4 Å². The van der Waals surface area contributed by atoms with Gasteiger partial charge in [0.05, 0.1) is 0 Å². The molecule has 0 aliphatic carbocycles. The number of amides is 2. The van der Waals surface area contributed by atoms with Gasteiger partial charge in [0.15, 0.2) is 5.78 Å². The molecular weight excluding hydrogens is 316 g/mol. The van der Waals surface area contributed by atoms with Crippen LogP contribution >= 0.6 is 0 Å².